The van der Waals surface area contributed by atoms with E-state index in [9.17, 15) is 0 Å². The van der Waals surface area contributed by atoms with Gasteiger partial charge in [0.1, 0.15) is 4.99 Å². The van der Waals surface area contributed by atoms with E-state index >= 15 is 0 Å². The van der Waals surface area contributed by atoms with Crippen molar-refractivity contribution in [3.05, 3.63) is 29.8 Å². The van der Waals surface area contributed by atoms with Crippen LogP contribution in [0.25, 0.3) is 0 Å². The Hall–Kier alpha value is -1.09. The van der Waals surface area contributed by atoms with Crippen molar-refractivity contribution in [2.75, 3.05) is 11.9 Å². The molecule has 1 aliphatic rings. The number of benzene rings is 1. The van der Waals surface area contributed by atoms with Crippen LogP contribution in [0.5, 0.6) is 0 Å². The molecule has 0 bridgehead atoms. The van der Waals surface area contributed by atoms with Crippen LogP contribution in [0.1, 0.15) is 31.2 Å². The van der Waals surface area contributed by atoms with Crippen molar-refractivity contribution in [3.8, 4) is 0 Å². The van der Waals surface area contributed by atoms with Gasteiger partial charge in [0.15, 0.2) is 0 Å². The molecule has 2 N–H and O–H groups in total. The molecule has 16 heavy (non-hydrogen) atoms. The fourth-order valence-corrected chi connectivity index (χ4v) is 2.50. The monoisotopic (exact) mass is 234 g/mol. The first kappa shape index (κ1) is 11.4. The molecule has 0 saturated heterocycles. The Balaban J connectivity index is 2.11. The molecule has 0 unspecified atom stereocenters. The predicted octanol–water partition coefficient (Wildman–Crippen LogP) is 2.70. The summed E-state index contributed by atoms with van der Waals surface area (Å²) in [4.78, 5) is 2.84. The molecule has 0 aromatic heterocycles. The molecule has 0 heterocycles. The molecule has 1 aromatic rings. The predicted molar refractivity (Wildman–Crippen MR) is 73.0 cm³/mol. The maximum atomic E-state index is 5.58. The molecule has 1 aliphatic carbocycles. The smallest absolute Gasteiger partial charge is 0.103 e. The van der Waals surface area contributed by atoms with Crippen molar-refractivity contribution < 1.29 is 0 Å². The summed E-state index contributed by atoms with van der Waals surface area (Å²) in [6, 6.07) is 8.92. The lowest BCUT2D eigenvalue weighted by Gasteiger charge is -2.26. The lowest BCUT2D eigenvalue weighted by atomic mass is 10.1. The Bertz CT molecular complexity index is 366. The average molecular weight is 234 g/mol. The molecule has 0 radical (unpaired) electrons. The highest BCUT2D eigenvalue weighted by molar-refractivity contribution is 7.80. The molecule has 1 fully saturated rings. The molecule has 86 valence electrons. The number of anilines is 1. The van der Waals surface area contributed by atoms with Crippen LogP contribution < -0.4 is 10.6 Å². The first-order valence-electron chi connectivity index (χ1n) is 5.81. The van der Waals surface area contributed by atoms with Gasteiger partial charge >= 0.3 is 0 Å². The van der Waals surface area contributed by atoms with Crippen LogP contribution in [-0.4, -0.2) is 18.1 Å². The van der Waals surface area contributed by atoms with Crippen LogP contribution in [0.4, 0.5) is 5.69 Å². The Morgan fingerprint density at radius 2 is 1.81 bits per heavy atom. The Labute approximate surface area is 102 Å². The van der Waals surface area contributed by atoms with Crippen LogP contribution >= 0.6 is 12.2 Å². The zero-order valence-corrected chi connectivity index (χ0v) is 10.5. The highest BCUT2D eigenvalue weighted by atomic mass is 32.1. The summed E-state index contributed by atoms with van der Waals surface area (Å²) in [5, 5.41) is 0. The minimum absolute atomic E-state index is 0.468. The Morgan fingerprint density at radius 3 is 2.31 bits per heavy atom. The van der Waals surface area contributed by atoms with Crippen molar-refractivity contribution in [3.63, 3.8) is 0 Å². The standard InChI is InChI=1S/C13H18N2S/c1-15(11-4-2-3-5-11)12-8-6-10(7-9-12)13(14)16/h6-9,11H,2-5H2,1H3,(H2,14,16). The Morgan fingerprint density at radius 1 is 1.25 bits per heavy atom. The maximum Gasteiger partial charge on any atom is 0.103 e. The van der Waals surface area contributed by atoms with Gasteiger partial charge in [-0.1, -0.05) is 25.1 Å². The Kier molecular flexibility index (Phi) is 3.44. The van der Waals surface area contributed by atoms with Gasteiger partial charge in [0.2, 0.25) is 0 Å². The molecular formula is C13H18N2S. The molecule has 0 aliphatic heterocycles. The van der Waals surface area contributed by atoms with E-state index < -0.39 is 0 Å². The number of hydrogen-bond donors (Lipinski definition) is 1. The third kappa shape index (κ3) is 2.35. The molecule has 2 nitrogen and oxygen atoms in total. The topological polar surface area (TPSA) is 29.3 Å². The van der Waals surface area contributed by atoms with E-state index in [1.54, 1.807) is 0 Å². The number of hydrogen-bond acceptors (Lipinski definition) is 2. The minimum Gasteiger partial charge on any atom is -0.389 e. The number of nitrogens with zero attached hydrogens (tertiary/aromatic N) is 1. The van der Waals surface area contributed by atoms with Gasteiger partial charge in [-0.05, 0) is 37.1 Å². The van der Waals surface area contributed by atoms with E-state index in [0.29, 0.717) is 11.0 Å². The number of thiocarbonyl (C=S) groups is 1. The van der Waals surface area contributed by atoms with Crippen molar-refractivity contribution in [1.29, 1.82) is 0 Å². The summed E-state index contributed by atoms with van der Waals surface area (Å²) >= 11 is 4.94. The van der Waals surface area contributed by atoms with Crippen LogP contribution in [0.3, 0.4) is 0 Å². The zero-order chi connectivity index (χ0) is 11.5. The van der Waals surface area contributed by atoms with Gasteiger partial charge in [0, 0.05) is 24.3 Å². The first-order chi connectivity index (χ1) is 7.68. The van der Waals surface area contributed by atoms with Gasteiger partial charge in [0.05, 0.1) is 0 Å². The highest BCUT2D eigenvalue weighted by Gasteiger charge is 2.19. The lowest BCUT2D eigenvalue weighted by Crippen LogP contribution is -2.28. The number of nitrogens with two attached hydrogens (primary N) is 1. The van der Waals surface area contributed by atoms with Gasteiger partial charge in [0.25, 0.3) is 0 Å². The van der Waals surface area contributed by atoms with Crippen LogP contribution in [0, 0.1) is 0 Å². The van der Waals surface area contributed by atoms with E-state index in [0.717, 1.165) is 5.56 Å². The van der Waals surface area contributed by atoms with E-state index in [4.69, 9.17) is 18.0 Å². The van der Waals surface area contributed by atoms with Crippen LogP contribution in [-0.2, 0) is 0 Å². The van der Waals surface area contributed by atoms with Gasteiger partial charge < -0.3 is 10.6 Å². The second-order valence-electron chi connectivity index (χ2n) is 4.46. The van der Waals surface area contributed by atoms with Gasteiger partial charge in [-0.3, -0.25) is 0 Å². The minimum atomic E-state index is 0.468. The van der Waals surface area contributed by atoms with Crippen LogP contribution in [0.2, 0.25) is 0 Å². The summed E-state index contributed by atoms with van der Waals surface area (Å²) in [5.74, 6) is 0. The first-order valence-corrected chi connectivity index (χ1v) is 6.22. The molecule has 0 amide bonds. The summed E-state index contributed by atoms with van der Waals surface area (Å²) < 4.78 is 0. The fourth-order valence-electron chi connectivity index (χ4n) is 2.36. The average Bonchev–Trinajstić information content (AvgIpc) is 2.81. The maximum absolute atomic E-state index is 5.58. The second-order valence-corrected chi connectivity index (χ2v) is 4.90. The summed E-state index contributed by atoms with van der Waals surface area (Å²) in [7, 11) is 2.17. The van der Waals surface area contributed by atoms with Crippen molar-refractivity contribution in [2.45, 2.75) is 31.7 Å². The van der Waals surface area contributed by atoms with Gasteiger partial charge in [-0.25, -0.2) is 0 Å². The van der Waals surface area contributed by atoms with Crippen molar-refractivity contribution in [2.24, 2.45) is 5.73 Å². The third-order valence-electron chi connectivity index (χ3n) is 3.43. The molecule has 1 aromatic carbocycles. The zero-order valence-electron chi connectivity index (χ0n) is 9.65. The van der Waals surface area contributed by atoms with E-state index in [1.807, 2.05) is 12.1 Å². The fraction of sp³-hybridized carbons (Fsp3) is 0.462. The summed E-state index contributed by atoms with van der Waals surface area (Å²) in [6.07, 6.45) is 5.35. The van der Waals surface area contributed by atoms with E-state index in [2.05, 4.69) is 24.1 Å². The molecule has 1 saturated carbocycles. The van der Waals surface area contributed by atoms with E-state index in [-0.39, 0.29) is 0 Å². The molecule has 0 atom stereocenters. The second kappa shape index (κ2) is 4.83. The normalized spacial score (nSPS) is 16.3. The van der Waals surface area contributed by atoms with Crippen LogP contribution in [0.15, 0.2) is 24.3 Å². The summed E-state index contributed by atoms with van der Waals surface area (Å²) in [6.45, 7) is 0. The molecular weight excluding hydrogens is 216 g/mol. The number of rotatable bonds is 3. The van der Waals surface area contributed by atoms with E-state index in [1.165, 1.54) is 31.4 Å². The molecule has 0 spiro atoms. The molecule has 3 heteroatoms. The van der Waals surface area contributed by atoms with Crippen molar-refractivity contribution in [1.82, 2.24) is 0 Å². The quantitative estimate of drug-likeness (QED) is 0.815. The van der Waals surface area contributed by atoms with Gasteiger partial charge in [-0.2, -0.15) is 0 Å². The largest absolute Gasteiger partial charge is 0.389 e. The third-order valence-corrected chi connectivity index (χ3v) is 3.67. The van der Waals surface area contributed by atoms with Crippen molar-refractivity contribution >= 4 is 22.9 Å². The highest BCUT2D eigenvalue weighted by Crippen LogP contribution is 2.26. The van der Waals surface area contributed by atoms with Gasteiger partial charge in [-0.15, -0.1) is 0 Å². The molecule has 2 rings (SSSR count). The lowest BCUT2D eigenvalue weighted by molar-refractivity contribution is 0.653. The SMILES string of the molecule is CN(c1ccc(C(N)=S)cc1)C1CCCC1. The summed E-state index contributed by atoms with van der Waals surface area (Å²) in [5.41, 5.74) is 7.78.